The molecule has 196 valence electrons. The van der Waals surface area contributed by atoms with E-state index in [-0.39, 0.29) is 12.1 Å². The molecule has 0 radical (unpaired) electrons. The summed E-state index contributed by atoms with van der Waals surface area (Å²) in [6.07, 6.45) is 4.62. The minimum Gasteiger partial charge on any atom is -0.496 e. The third-order valence-corrected chi connectivity index (χ3v) is 7.82. The highest BCUT2D eigenvalue weighted by Gasteiger charge is 2.29. The van der Waals surface area contributed by atoms with Gasteiger partial charge < -0.3 is 15.0 Å². The molecule has 38 heavy (non-hydrogen) atoms. The molecule has 0 saturated carbocycles. The van der Waals surface area contributed by atoms with Crippen molar-refractivity contribution < 1.29 is 9.53 Å². The first kappa shape index (κ1) is 24.4. The Balaban J connectivity index is 1.13. The molecule has 2 aliphatic heterocycles. The number of hydrogen-bond acceptors (Lipinski definition) is 5. The summed E-state index contributed by atoms with van der Waals surface area (Å²) in [5.74, 6) is 0.916. The zero-order valence-electron chi connectivity index (χ0n) is 22.0. The van der Waals surface area contributed by atoms with E-state index in [9.17, 15) is 4.79 Å². The molecule has 4 aromatic rings. The molecule has 0 aliphatic carbocycles. The maximum atomic E-state index is 13.4. The van der Waals surface area contributed by atoms with Crippen molar-refractivity contribution in [3.8, 4) is 17.0 Å². The Bertz CT molecular complexity index is 1460. The number of aromatic nitrogens is 3. The Labute approximate surface area is 223 Å². The van der Waals surface area contributed by atoms with E-state index in [0.717, 1.165) is 72.9 Å². The predicted molar refractivity (Wildman–Crippen MR) is 148 cm³/mol. The number of nitrogens with zero attached hydrogens (tertiary/aromatic N) is 4. The van der Waals surface area contributed by atoms with Crippen molar-refractivity contribution >= 4 is 16.8 Å². The maximum absolute atomic E-state index is 13.4. The van der Waals surface area contributed by atoms with Gasteiger partial charge in [0, 0.05) is 66.4 Å². The van der Waals surface area contributed by atoms with Crippen LogP contribution in [0, 0.1) is 6.92 Å². The third-order valence-electron chi connectivity index (χ3n) is 7.82. The van der Waals surface area contributed by atoms with Crippen molar-refractivity contribution in [2.75, 3.05) is 26.7 Å². The highest BCUT2D eigenvalue weighted by Crippen LogP contribution is 2.31. The molecule has 0 bridgehead atoms. The van der Waals surface area contributed by atoms with Crippen LogP contribution in [0.2, 0.25) is 0 Å². The number of aryl methyl sites for hydroxylation is 1. The number of carbonyl (C=O) groups is 1. The van der Waals surface area contributed by atoms with E-state index in [2.05, 4.69) is 61.8 Å². The number of rotatable bonds is 5. The predicted octanol–water partition coefficient (Wildman–Crippen LogP) is 4.67. The Kier molecular flexibility index (Phi) is 6.72. The quantitative estimate of drug-likeness (QED) is 0.407. The van der Waals surface area contributed by atoms with Gasteiger partial charge in [-0.1, -0.05) is 30.3 Å². The summed E-state index contributed by atoms with van der Waals surface area (Å²) in [5.41, 5.74) is 6.32. The Hall–Kier alpha value is -3.91. The van der Waals surface area contributed by atoms with Gasteiger partial charge in [0.1, 0.15) is 5.75 Å². The topological polar surface area (TPSA) is 86.4 Å². The summed E-state index contributed by atoms with van der Waals surface area (Å²) < 4.78 is 5.72. The average Bonchev–Trinajstić information content (AvgIpc) is 3.37. The number of nitrogens with one attached hydrogen (secondary N) is 2. The van der Waals surface area contributed by atoms with Gasteiger partial charge in [0.2, 0.25) is 0 Å². The molecule has 0 unspecified atom stereocenters. The molecule has 1 fully saturated rings. The summed E-state index contributed by atoms with van der Waals surface area (Å²) >= 11 is 0. The first-order chi connectivity index (χ1) is 18.6. The van der Waals surface area contributed by atoms with Crippen LogP contribution in [0.25, 0.3) is 22.0 Å². The van der Waals surface area contributed by atoms with Crippen LogP contribution in [0.5, 0.6) is 5.75 Å². The monoisotopic (exact) mass is 510 g/mol. The number of pyridine rings is 1. The van der Waals surface area contributed by atoms with Crippen LogP contribution in [0.4, 0.5) is 4.79 Å². The van der Waals surface area contributed by atoms with Crippen LogP contribution in [0.3, 0.4) is 0 Å². The zero-order valence-corrected chi connectivity index (χ0v) is 22.0. The highest BCUT2D eigenvalue weighted by molar-refractivity contribution is 5.87. The second-order valence-corrected chi connectivity index (χ2v) is 10.4. The van der Waals surface area contributed by atoms with Crippen LogP contribution in [0.1, 0.15) is 35.4 Å². The standard InChI is InChI=1S/C30H34N6O2/c1-20-16-22(11-13-31-20)29-26-19-36(15-12-27(26)33-34-29)30(37)32-23-7-5-14-35(17-23)18-25-24-8-4-3-6-21(24)9-10-28(25)38-2/h3-4,6,8-11,13,16,23H,5,7,12,14-15,17-19H2,1-2H3,(H,32,37)(H,33,34)/t23-/m1/s1. The van der Waals surface area contributed by atoms with E-state index in [0.29, 0.717) is 13.1 Å². The molecule has 2 aromatic heterocycles. The summed E-state index contributed by atoms with van der Waals surface area (Å²) in [4.78, 5) is 22.0. The molecule has 8 heteroatoms. The first-order valence-corrected chi connectivity index (χ1v) is 13.4. The van der Waals surface area contributed by atoms with Gasteiger partial charge in [-0.25, -0.2) is 4.79 Å². The van der Waals surface area contributed by atoms with E-state index in [4.69, 9.17) is 4.74 Å². The van der Waals surface area contributed by atoms with Crippen molar-refractivity contribution in [2.45, 2.75) is 45.3 Å². The number of benzene rings is 2. The molecular weight excluding hydrogens is 476 g/mol. The van der Waals surface area contributed by atoms with Gasteiger partial charge in [-0.3, -0.25) is 15.0 Å². The minimum absolute atomic E-state index is 0.00306. The summed E-state index contributed by atoms with van der Waals surface area (Å²) in [7, 11) is 1.73. The summed E-state index contributed by atoms with van der Waals surface area (Å²) in [5, 5.41) is 13.5. The average molecular weight is 511 g/mol. The number of urea groups is 1. The van der Waals surface area contributed by atoms with Gasteiger partial charge in [-0.05, 0) is 55.3 Å². The van der Waals surface area contributed by atoms with Crippen molar-refractivity contribution in [3.63, 3.8) is 0 Å². The lowest BCUT2D eigenvalue weighted by Gasteiger charge is -2.35. The lowest BCUT2D eigenvalue weighted by molar-refractivity contribution is 0.160. The van der Waals surface area contributed by atoms with Crippen LogP contribution < -0.4 is 10.1 Å². The molecular formula is C30H34N6O2. The largest absolute Gasteiger partial charge is 0.496 e. The van der Waals surface area contributed by atoms with Crippen LogP contribution in [-0.4, -0.2) is 63.8 Å². The van der Waals surface area contributed by atoms with Gasteiger partial charge in [0.15, 0.2) is 0 Å². The summed E-state index contributed by atoms with van der Waals surface area (Å²) in [6, 6.07) is 16.8. The molecule has 2 N–H and O–H groups in total. The number of likely N-dealkylation sites (tertiary alicyclic amines) is 1. The van der Waals surface area contributed by atoms with Gasteiger partial charge >= 0.3 is 6.03 Å². The minimum atomic E-state index is 0.00306. The number of amides is 2. The van der Waals surface area contributed by atoms with Crippen LogP contribution >= 0.6 is 0 Å². The Morgan fingerprint density at radius 2 is 2.08 bits per heavy atom. The SMILES string of the molecule is COc1ccc2ccccc2c1CN1CCC[C@@H](NC(=O)N2CCc3[nH]nc(-c4ccnc(C)c4)c3C2)C1. The third kappa shape index (κ3) is 4.84. The Morgan fingerprint density at radius 1 is 1.18 bits per heavy atom. The lowest BCUT2D eigenvalue weighted by Crippen LogP contribution is -2.52. The highest BCUT2D eigenvalue weighted by atomic mass is 16.5. The normalized spacial score (nSPS) is 17.8. The van der Waals surface area contributed by atoms with Gasteiger partial charge in [0.05, 0.1) is 19.3 Å². The number of piperidine rings is 1. The number of hydrogen-bond donors (Lipinski definition) is 2. The molecule has 4 heterocycles. The zero-order chi connectivity index (χ0) is 26.1. The van der Waals surface area contributed by atoms with E-state index < -0.39 is 0 Å². The van der Waals surface area contributed by atoms with Crippen molar-refractivity contribution in [1.82, 2.24) is 30.3 Å². The number of carbonyl (C=O) groups excluding carboxylic acids is 1. The fourth-order valence-electron chi connectivity index (χ4n) is 5.88. The first-order valence-electron chi connectivity index (χ1n) is 13.4. The van der Waals surface area contributed by atoms with Gasteiger partial charge in [0.25, 0.3) is 0 Å². The van der Waals surface area contributed by atoms with Crippen LogP contribution in [0.15, 0.2) is 54.7 Å². The fraction of sp³-hybridized carbons (Fsp3) is 0.367. The van der Waals surface area contributed by atoms with Gasteiger partial charge in [-0.15, -0.1) is 0 Å². The smallest absolute Gasteiger partial charge is 0.317 e. The maximum Gasteiger partial charge on any atom is 0.317 e. The molecule has 2 amide bonds. The number of methoxy groups -OCH3 is 1. The van der Waals surface area contributed by atoms with Crippen LogP contribution in [-0.2, 0) is 19.5 Å². The second-order valence-electron chi connectivity index (χ2n) is 10.4. The van der Waals surface area contributed by atoms with E-state index >= 15 is 0 Å². The van der Waals surface area contributed by atoms with E-state index in [1.165, 1.54) is 16.3 Å². The van der Waals surface area contributed by atoms with E-state index in [1.807, 2.05) is 30.2 Å². The molecule has 1 atom stereocenters. The van der Waals surface area contributed by atoms with Crippen molar-refractivity contribution in [1.29, 1.82) is 0 Å². The summed E-state index contributed by atoms with van der Waals surface area (Å²) in [6.45, 7) is 5.84. The number of ether oxygens (including phenoxy) is 1. The molecule has 6 rings (SSSR count). The molecule has 8 nitrogen and oxygen atoms in total. The second kappa shape index (κ2) is 10.5. The molecule has 2 aromatic carbocycles. The number of H-pyrrole nitrogens is 1. The van der Waals surface area contributed by atoms with E-state index in [1.54, 1.807) is 7.11 Å². The van der Waals surface area contributed by atoms with Gasteiger partial charge in [-0.2, -0.15) is 5.10 Å². The van der Waals surface area contributed by atoms with Crippen molar-refractivity contribution in [3.05, 3.63) is 77.2 Å². The molecule has 2 aliphatic rings. The number of aromatic amines is 1. The fourth-order valence-corrected chi connectivity index (χ4v) is 5.88. The lowest BCUT2D eigenvalue weighted by atomic mass is 10.0. The molecule has 0 spiro atoms. The Morgan fingerprint density at radius 3 is 2.95 bits per heavy atom. The number of fused-ring (bicyclic) bond motifs is 2. The van der Waals surface area contributed by atoms with Crippen molar-refractivity contribution in [2.24, 2.45) is 0 Å². The molecule has 1 saturated heterocycles.